The van der Waals surface area contributed by atoms with Crippen LogP contribution in [0.4, 0.5) is 16.2 Å². The molecule has 0 aromatic heterocycles. The summed E-state index contributed by atoms with van der Waals surface area (Å²) in [7, 11) is 1.26. The molecule has 1 heterocycles. The zero-order chi connectivity index (χ0) is 24.3. The van der Waals surface area contributed by atoms with Crippen molar-refractivity contribution in [1.82, 2.24) is 10.2 Å². The van der Waals surface area contributed by atoms with E-state index >= 15 is 0 Å². The Morgan fingerprint density at radius 2 is 1.79 bits per heavy atom. The van der Waals surface area contributed by atoms with Crippen molar-refractivity contribution in [3.05, 3.63) is 60.2 Å². The van der Waals surface area contributed by atoms with E-state index in [1.807, 2.05) is 30.0 Å². The summed E-state index contributed by atoms with van der Waals surface area (Å²) in [6.45, 7) is 4.55. The Kier molecular flexibility index (Phi) is 9.46. The van der Waals surface area contributed by atoms with Gasteiger partial charge in [0.15, 0.2) is 0 Å². The van der Waals surface area contributed by atoms with E-state index in [4.69, 9.17) is 0 Å². The van der Waals surface area contributed by atoms with E-state index in [0.29, 0.717) is 12.1 Å². The van der Waals surface area contributed by atoms with Crippen molar-refractivity contribution in [3.8, 4) is 0 Å². The van der Waals surface area contributed by atoms with Crippen LogP contribution in [0.15, 0.2) is 54.6 Å². The van der Waals surface area contributed by atoms with E-state index in [9.17, 15) is 14.4 Å². The second-order valence-electron chi connectivity index (χ2n) is 8.36. The summed E-state index contributed by atoms with van der Waals surface area (Å²) in [5.41, 5.74) is 2.65. The zero-order valence-electron chi connectivity index (χ0n) is 20.0. The first-order chi connectivity index (χ1) is 16.5. The number of urea groups is 1. The Morgan fingerprint density at radius 1 is 1.06 bits per heavy atom. The Labute approximate surface area is 201 Å². The molecule has 0 unspecified atom stereocenters. The number of nitrogens with one attached hydrogen (secondary N) is 2. The van der Waals surface area contributed by atoms with E-state index in [0.717, 1.165) is 44.6 Å². The minimum Gasteiger partial charge on any atom is -0.468 e. The molecule has 2 aromatic carbocycles. The average Bonchev–Trinajstić information content (AvgIpc) is 2.87. The van der Waals surface area contributed by atoms with Crippen molar-refractivity contribution >= 4 is 29.3 Å². The van der Waals surface area contributed by atoms with Crippen LogP contribution in [0.5, 0.6) is 0 Å². The number of benzene rings is 2. The molecule has 0 aliphatic carbocycles. The maximum Gasteiger partial charge on any atom is 0.325 e. The van der Waals surface area contributed by atoms with Crippen LogP contribution in [0, 0.1) is 0 Å². The summed E-state index contributed by atoms with van der Waals surface area (Å²) < 4.78 is 4.52. The SMILES string of the molecule is CCC(=O)N(c1cccc(NC(=O)NCC(=O)OC)c1)C1CCN(CCc2ccccc2)CC1. The fourth-order valence-corrected chi connectivity index (χ4v) is 4.20. The van der Waals surface area contributed by atoms with E-state index in [2.05, 4.69) is 44.5 Å². The number of carbonyl (C=O) groups excluding carboxylic acids is 3. The van der Waals surface area contributed by atoms with Crippen molar-refractivity contribution < 1.29 is 19.1 Å². The zero-order valence-corrected chi connectivity index (χ0v) is 20.0. The van der Waals surface area contributed by atoms with Crippen molar-refractivity contribution in [3.63, 3.8) is 0 Å². The fourth-order valence-electron chi connectivity index (χ4n) is 4.20. The van der Waals surface area contributed by atoms with Gasteiger partial charge in [-0.3, -0.25) is 9.59 Å². The van der Waals surface area contributed by atoms with Gasteiger partial charge in [-0.15, -0.1) is 0 Å². The van der Waals surface area contributed by atoms with Gasteiger partial charge in [-0.25, -0.2) is 4.79 Å². The lowest BCUT2D eigenvalue weighted by molar-refractivity contribution is -0.139. The molecule has 0 bridgehead atoms. The summed E-state index contributed by atoms with van der Waals surface area (Å²) in [6.07, 6.45) is 3.23. The normalized spacial score (nSPS) is 14.3. The third-order valence-electron chi connectivity index (χ3n) is 6.06. The number of hydrogen-bond donors (Lipinski definition) is 2. The highest BCUT2D eigenvalue weighted by Crippen LogP contribution is 2.27. The van der Waals surface area contributed by atoms with Crippen LogP contribution < -0.4 is 15.5 Å². The number of ether oxygens (including phenoxy) is 1. The fraction of sp³-hybridized carbons (Fsp3) is 0.423. The number of nitrogens with zero attached hydrogens (tertiary/aromatic N) is 2. The molecule has 0 saturated carbocycles. The molecule has 2 aromatic rings. The molecule has 3 amide bonds. The lowest BCUT2D eigenvalue weighted by atomic mass is 10.0. The van der Waals surface area contributed by atoms with Gasteiger partial charge in [0, 0.05) is 43.5 Å². The van der Waals surface area contributed by atoms with Gasteiger partial charge in [0.2, 0.25) is 5.91 Å². The summed E-state index contributed by atoms with van der Waals surface area (Å²) in [5.74, 6) is -0.464. The number of amides is 3. The van der Waals surface area contributed by atoms with Crippen molar-refractivity contribution in [1.29, 1.82) is 0 Å². The van der Waals surface area contributed by atoms with Crippen LogP contribution in [0.3, 0.4) is 0 Å². The molecule has 8 heteroatoms. The number of likely N-dealkylation sites (tertiary alicyclic amines) is 1. The third kappa shape index (κ3) is 7.31. The minimum atomic E-state index is -0.529. The highest BCUT2D eigenvalue weighted by atomic mass is 16.5. The Hall–Kier alpha value is -3.39. The number of rotatable bonds is 9. The highest BCUT2D eigenvalue weighted by molar-refractivity contribution is 5.96. The monoisotopic (exact) mass is 466 g/mol. The summed E-state index contributed by atoms with van der Waals surface area (Å²) in [6, 6.07) is 17.4. The predicted molar refractivity (Wildman–Crippen MR) is 133 cm³/mol. The molecule has 1 aliphatic rings. The average molecular weight is 467 g/mol. The number of esters is 1. The second-order valence-corrected chi connectivity index (χ2v) is 8.36. The quantitative estimate of drug-likeness (QED) is 0.553. The smallest absolute Gasteiger partial charge is 0.325 e. The first-order valence-electron chi connectivity index (χ1n) is 11.8. The molecule has 34 heavy (non-hydrogen) atoms. The van der Waals surface area contributed by atoms with Gasteiger partial charge in [0.05, 0.1) is 7.11 Å². The molecule has 8 nitrogen and oxygen atoms in total. The van der Waals surface area contributed by atoms with Crippen molar-refractivity contribution in [2.75, 3.05) is 43.5 Å². The topological polar surface area (TPSA) is 91.0 Å². The molecule has 0 spiro atoms. The molecule has 3 rings (SSSR count). The molecule has 0 atom stereocenters. The first kappa shape index (κ1) is 25.2. The largest absolute Gasteiger partial charge is 0.468 e. The molecule has 182 valence electrons. The number of piperidine rings is 1. The first-order valence-corrected chi connectivity index (χ1v) is 11.8. The van der Waals surface area contributed by atoms with Gasteiger partial charge in [0.1, 0.15) is 6.54 Å². The van der Waals surface area contributed by atoms with Crippen LogP contribution in [-0.4, -0.2) is 62.1 Å². The standard InChI is InChI=1S/C26H34N4O4/c1-3-24(31)30(22-13-16-29(17-14-22)15-12-20-8-5-4-6-9-20)23-11-7-10-21(18-23)28-26(33)27-19-25(32)34-2/h4-11,18,22H,3,12-17,19H2,1-2H3,(H2,27,28,33). The van der Waals surface area contributed by atoms with Gasteiger partial charge in [-0.2, -0.15) is 0 Å². The van der Waals surface area contributed by atoms with Gasteiger partial charge >= 0.3 is 12.0 Å². The molecule has 2 N–H and O–H groups in total. The van der Waals surface area contributed by atoms with E-state index in [1.165, 1.54) is 12.7 Å². The van der Waals surface area contributed by atoms with Crippen LogP contribution in [0.25, 0.3) is 0 Å². The van der Waals surface area contributed by atoms with E-state index in [1.54, 1.807) is 12.1 Å². The number of methoxy groups -OCH3 is 1. The molecule has 1 fully saturated rings. The molecule has 1 saturated heterocycles. The van der Waals surface area contributed by atoms with Crippen LogP contribution in [0.2, 0.25) is 0 Å². The van der Waals surface area contributed by atoms with Gasteiger partial charge < -0.3 is 25.2 Å². The van der Waals surface area contributed by atoms with Crippen LogP contribution in [0.1, 0.15) is 31.7 Å². The second kappa shape index (κ2) is 12.7. The molecular weight excluding hydrogens is 432 g/mol. The van der Waals surface area contributed by atoms with Crippen molar-refractivity contribution in [2.24, 2.45) is 0 Å². The lowest BCUT2D eigenvalue weighted by Gasteiger charge is -2.38. The maximum atomic E-state index is 12.9. The Bertz CT molecular complexity index is 958. The summed E-state index contributed by atoms with van der Waals surface area (Å²) in [5, 5.41) is 5.16. The van der Waals surface area contributed by atoms with Crippen LogP contribution >= 0.6 is 0 Å². The lowest BCUT2D eigenvalue weighted by Crippen LogP contribution is -2.48. The molecular formula is C26H34N4O4. The predicted octanol–water partition coefficient (Wildman–Crippen LogP) is 3.43. The Balaban J connectivity index is 1.60. The molecule has 0 radical (unpaired) electrons. The third-order valence-corrected chi connectivity index (χ3v) is 6.06. The maximum absolute atomic E-state index is 12.9. The number of carbonyl (C=O) groups is 3. The number of hydrogen-bond acceptors (Lipinski definition) is 5. The van der Waals surface area contributed by atoms with E-state index < -0.39 is 12.0 Å². The number of anilines is 2. The van der Waals surface area contributed by atoms with Gasteiger partial charge in [-0.1, -0.05) is 43.3 Å². The summed E-state index contributed by atoms with van der Waals surface area (Å²) >= 11 is 0. The summed E-state index contributed by atoms with van der Waals surface area (Å²) in [4.78, 5) is 40.6. The van der Waals surface area contributed by atoms with Crippen molar-refractivity contribution in [2.45, 2.75) is 38.6 Å². The van der Waals surface area contributed by atoms with Gasteiger partial charge in [0.25, 0.3) is 0 Å². The van der Waals surface area contributed by atoms with E-state index in [-0.39, 0.29) is 18.5 Å². The minimum absolute atomic E-state index is 0.0648. The Morgan fingerprint density at radius 3 is 2.47 bits per heavy atom. The van der Waals surface area contributed by atoms with Crippen LogP contribution in [-0.2, 0) is 20.7 Å². The highest BCUT2D eigenvalue weighted by Gasteiger charge is 2.28. The molecule has 1 aliphatic heterocycles. The van der Waals surface area contributed by atoms with Gasteiger partial charge in [-0.05, 0) is 43.0 Å².